The van der Waals surface area contributed by atoms with Crippen LogP contribution in [0, 0.1) is 0 Å². The largest absolute Gasteiger partial charge is 0.493 e. The van der Waals surface area contributed by atoms with Crippen molar-refractivity contribution in [3.8, 4) is 5.75 Å². The summed E-state index contributed by atoms with van der Waals surface area (Å²) in [5.41, 5.74) is 3.17. The summed E-state index contributed by atoms with van der Waals surface area (Å²) in [6.45, 7) is 5.17. The average molecular weight is 351 g/mol. The summed E-state index contributed by atoms with van der Waals surface area (Å²) in [5, 5.41) is 0. The number of pyridine rings is 1. The van der Waals surface area contributed by atoms with Gasteiger partial charge in [0.25, 0.3) is 5.91 Å². The number of hydrogen-bond acceptors (Lipinski definition) is 4. The van der Waals surface area contributed by atoms with Gasteiger partial charge in [-0.05, 0) is 54.7 Å². The van der Waals surface area contributed by atoms with E-state index in [0.29, 0.717) is 0 Å². The van der Waals surface area contributed by atoms with Gasteiger partial charge in [0.15, 0.2) is 0 Å². The van der Waals surface area contributed by atoms with Crippen LogP contribution in [0.4, 0.5) is 0 Å². The van der Waals surface area contributed by atoms with Crippen molar-refractivity contribution in [2.24, 2.45) is 0 Å². The number of amides is 1. The zero-order valence-corrected chi connectivity index (χ0v) is 15.1. The average Bonchev–Trinajstić information content (AvgIpc) is 2.93. The van der Waals surface area contributed by atoms with E-state index in [9.17, 15) is 4.79 Å². The van der Waals surface area contributed by atoms with Crippen LogP contribution in [0.25, 0.3) is 0 Å². The molecule has 0 atom stereocenters. The minimum atomic E-state index is 0.140. The van der Waals surface area contributed by atoms with E-state index >= 15 is 0 Å². The first-order chi connectivity index (χ1) is 12.8. The van der Waals surface area contributed by atoms with Crippen LogP contribution in [0.1, 0.15) is 34.3 Å². The van der Waals surface area contributed by atoms with E-state index in [1.807, 2.05) is 35.4 Å². The Morgan fingerprint density at radius 1 is 1.12 bits per heavy atom. The zero-order valence-electron chi connectivity index (χ0n) is 15.1. The highest BCUT2D eigenvalue weighted by Crippen LogP contribution is 2.26. The molecule has 0 saturated carbocycles. The van der Waals surface area contributed by atoms with Crippen LogP contribution < -0.4 is 4.74 Å². The Morgan fingerprint density at radius 2 is 2.08 bits per heavy atom. The summed E-state index contributed by atoms with van der Waals surface area (Å²) < 4.78 is 5.66. The molecule has 1 aromatic carbocycles. The second-order valence-corrected chi connectivity index (χ2v) is 7.06. The van der Waals surface area contributed by atoms with Crippen molar-refractivity contribution in [2.75, 3.05) is 32.8 Å². The topological polar surface area (TPSA) is 45.7 Å². The van der Waals surface area contributed by atoms with Gasteiger partial charge in [0.2, 0.25) is 0 Å². The monoisotopic (exact) mass is 351 g/mol. The number of nitrogens with zero attached hydrogens (tertiary/aromatic N) is 3. The first kappa shape index (κ1) is 17.0. The molecule has 26 heavy (non-hydrogen) atoms. The summed E-state index contributed by atoms with van der Waals surface area (Å²) in [4.78, 5) is 21.6. The van der Waals surface area contributed by atoms with Crippen LogP contribution in [-0.4, -0.2) is 53.5 Å². The first-order valence-corrected chi connectivity index (χ1v) is 9.46. The van der Waals surface area contributed by atoms with E-state index in [2.05, 4.69) is 16.0 Å². The lowest BCUT2D eigenvalue weighted by Crippen LogP contribution is -2.35. The van der Waals surface area contributed by atoms with Crippen molar-refractivity contribution in [2.45, 2.75) is 25.8 Å². The lowest BCUT2D eigenvalue weighted by molar-refractivity contribution is 0.0761. The first-order valence-electron chi connectivity index (χ1n) is 9.46. The fraction of sp³-hybridized carbons (Fsp3) is 0.429. The van der Waals surface area contributed by atoms with Crippen LogP contribution >= 0.6 is 0 Å². The maximum atomic E-state index is 13.0. The predicted octanol–water partition coefficient (Wildman–Crippen LogP) is 2.75. The minimum absolute atomic E-state index is 0.140. The van der Waals surface area contributed by atoms with Crippen LogP contribution in [-0.2, 0) is 13.0 Å². The number of carbonyl (C=O) groups excluding carboxylic acids is 1. The van der Waals surface area contributed by atoms with E-state index in [-0.39, 0.29) is 5.91 Å². The summed E-state index contributed by atoms with van der Waals surface area (Å²) in [6, 6.07) is 9.97. The highest BCUT2D eigenvalue weighted by Gasteiger charge is 2.22. The Labute approximate surface area is 154 Å². The quantitative estimate of drug-likeness (QED) is 0.853. The highest BCUT2D eigenvalue weighted by atomic mass is 16.5. The van der Waals surface area contributed by atoms with Gasteiger partial charge >= 0.3 is 0 Å². The normalized spacial score (nSPS) is 17.9. The number of rotatable bonds is 3. The molecule has 1 saturated heterocycles. The maximum absolute atomic E-state index is 13.0. The Balaban J connectivity index is 1.40. The van der Waals surface area contributed by atoms with E-state index in [4.69, 9.17) is 4.74 Å². The van der Waals surface area contributed by atoms with Gasteiger partial charge in [-0.3, -0.25) is 14.7 Å². The molecule has 0 N–H and O–H groups in total. The van der Waals surface area contributed by atoms with Crippen LogP contribution in [0.2, 0.25) is 0 Å². The summed E-state index contributed by atoms with van der Waals surface area (Å²) in [7, 11) is 0. The van der Waals surface area contributed by atoms with Gasteiger partial charge in [-0.25, -0.2) is 0 Å². The number of fused-ring (bicyclic) bond motifs is 1. The second kappa shape index (κ2) is 7.87. The molecule has 0 aliphatic carbocycles. The molecular formula is C21H25N3O2. The molecule has 0 spiro atoms. The van der Waals surface area contributed by atoms with E-state index in [1.54, 1.807) is 6.20 Å². The standard InChI is InChI=1S/C21H25N3O2/c25-21(19-6-7-20-18(14-19)5-2-13-26-20)24-10-3-9-23(11-12-24)16-17-4-1-8-22-15-17/h1,4,6-8,14-15H,2-3,5,9-13,16H2. The fourth-order valence-electron chi connectivity index (χ4n) is 3.76. The Hall–Kier alpha value is -2.40. The Morgan fingerprint density at radius 3 is 2.96 bits per heavy atom. The summed E-state index contributed by atoms with van der Waals surface area (Å²) in [5.74, 6) is 1.08. The second-order valence-electron chi connectivity index (χ2n) is 7.06. The number of carbonyl (C=O) groups is 1. The molecule has 2 aromatic rings. The van der Waals surface area contributed by atoms with Crippen molar-refractivity contribution >= 4 is 5.91 Å². The van der Waals surface area contributed by atoms with Gasteiger partial charge in [0.1, 0.15) is 5.75 Å². The smallest absolute Gasteiger partial charge is 0.253 e. The molecule has 0 unspecified atom stereocenters. The van der Waals surface area contributed by atoms with Gasteiger partial charge in [0, 0.05) is 50.7 Å². The van der Waals surface area contributed by atoms with Crippen molar-refractivity contribution in [3.63, 3.8) is 0 Å². The predicted molar refractivity (Wildman–Crippen MR) is 100 cm³/mol. The molecule has 0 bridgehead atoms. The molecule has 5 nitrogen and oxygen atoms in total. The number of ether oxygens (including phenoxy) is 1. The molecule has 0 radical (unpaired) electrons. The van der Waals surface area contributed by atoms with Gasteiger partial charge in [-0.1, -0.05) is 6.07 Å². The molecule has 1 amide bonds. The van der Waals surface area contributed by atoms with Crippen molar-refractivity contribution in [1.29, 1.82) is 0 Å². The third kappa shape index (κ3) is 3.88. The summed E-state index contributed by atoms with van der Waals surface area (Å²) >= 11 is 0. The third-order valence-corrected chi connectivity index (χ3v) is 5.16. The molecular weight excluding hydrogens is 326 g/mol. The number of hydrogen-bond donors (Lipinski definition) is 0. The van der Waals surface area contributed by atoms with E-state index in [0.717, 1.165) is 75.5 Å². The molecule has 3 heterocycles. The van der Waals surface area contributed by atoms with Gasteiger partial charge in [-0.2, -0.15) is 0 Å². The number of aryl methyl sites for hydroxylation is 1. The van der Waals surface area contributed by atoms with Crippen LogP contribution in [0.5, 0.6) is 5.75 Å². The molecule has 5 heteroatoms. The highest BCUT2D eigenvalue weighted by molar-refractivity contribution is 5.94. The Bertz CT molecular complexity index is 763. The lowest BCUT2D eigenvalue weighted by atomic mass is 10.0. The number of benzene rings is 1. The third-order valence-electron chi connectivity index (χ3n) is 5.16. The Kier molecular flexibility index (Phi) is 5.16. The minimum Gasteiger partial charge on any atom is -0.493 e. The molecule has 1 aromatic heterocycles. The lowest BCUT2D eigenvalue weighted by Gasteiger charge is -2.23. The molecule has 2 aliphatic heterocycles. The van der Waals surface area contributed by atoms with Crippen molar-refractivity contribution in [3.05, 3.63) is 59.4 Å². The molecule has 1 fully saturated rings. The van der Waals surface area contributed by atoms with Crippen LogP contribution in [0.3, 0.4) is 0 Å². The molecule has 136 valence electrons. The fourth-order valence-corrected chi connectivity index (χ4v) is 3.76. The van der Waals surface area contributed by atoms with Gasteiger partial charge < -0.3 is 9.64 Å². The summed E-state index contributed by atoms with van der Waals surface area (Å²) in [6.07, 6.45) is 6.74. The zero-order chi connectivity index (χ0) is 17.8. The van der Waals surface area contributed by atoms with Crippen molar-refractivity contribution in [1.82, 2.24) is 14.8 Å². The van der Waals surface area contributed by atoms with E-state index in [1.165, 1.54) is 5.56 Å². The van der Waals surface area contributed by atoms with Gasteiger partial charge in [-0.15, -0.1) is 0 Å². The molecule has 4 rings (SSSR count). The van der Waals surface area contributed by atoms with E-state index < -0.39 is 0 Å². The number of aromatic nitrogens is 1. The van der Waals surface area contributed by atoms with Crippen LogP contribution in [0.15, 0.2) is 42.7 Å². The van der Waals surface area contributed by atoms with Gasteiger partial charge in [0.05, 0.1) is 6.61 Å². The van der Waals surface area contributed by atoms with Crippen molar-refractivity contribution < 1.29 is 9.53 Å². The molecule has 2 aliphatic rings. The SMILES string of the molecule is O=C(c1ccc2c(c1)CCCO2)N1CCCN(Cc2cccnc2)CC1. The maximum Gasteiger partial charge on any atom is 0.253 e.